The molecule has 0 unspecified atom stereocenters. The van der Waals surface area contributed by atoms with E-state index in [1.807, 2.05) is 28.8 Å². The smallest absolute Gasteiger partial charge is 0.281 e. The summed E-state index contributed by atoms with van der Waals surface area (Å²) in [6, 6.07) is 7.76. The van der Waals surface area contributed by atoms with Crippen molar-refractivity contribution in [1.29, 1.82) is 0 Å². The molecule has 0 spiro atoms. The lowest BCUT2D eigenvalue weighted by molar-refractivity contribution is 0.414. The quantitative estimate of drug-likeness (QED) is 0.578. The van der Waals surface area contributed by atoms with E-state index >= 15 is 0 Å². The number of fused-ring (bicyclic) bond motifs is 1. The van der Waals surface area contributed by atoms with Crippen LogP contribution in [0.1, 0.15) is 12.5 Å². The number of hydrogen-bond donors (Lipinski definition) is 2. The number of hydrogen-bond acceptors (Lipinski definition) is 7. The van der Waals surface area contributed by atoms with Crippen LogP contribution in [-0.4, -0.2) is 52.4 Å². The van der Waals surface area contributed by atoms with E-state index in [2.05, 4.69) is 32.4 Å². The van der Waals surface area contributed by atoms with Crippen molar-refractivity contribution in [3.05, 3.63) is 40.2 Å². The SMILES string of the molecule is CC#CCn1c(N2CCNCC2)nc2nc(NCc3ccc(OC)cc3)n(C)c(=O)c21. The molecule has 1 aromatic carbocycles. The molecule has 31 heavy (non-hydrogen) atoms. The minimum absolute atomic E-state index is 0.144. The van der Waals surface area contributed by atoms with E-state index in [0.29, 0.717) is 30.2 Å². The van der Waals surface area contributed by atoms with Gasteiger partial charge < -0.3 is 20.3 Å². The monoisotopic (exact) mass is 421 g/mol. The van der Waals surface area contributed by atoms with Gasteiger partial charge in [0.2, 0.25) is 11.9 Å². The Kier molecular flexibility index (Phi) is 6.09. The van der Waals surface area contributed by atoms with Gasteiger partial charge in [-0.15, -0.1) is 5.92 Å². The molecule has 0 atom stereocenters. The van der Waals surface area contributed by atoms with Crippen molar-refractivity contribution in [2.75, 3.05) is 43.5 Å². The van der Waals surface area contributed by atoms with Gasteiger partial charge in [0, 0.05) is 39.8 Å². The first-order chi connectivity index (χ1) is 15.1. The Hall–Kier alpha value is -3.51. The molecule has 4 rings (SSSR count). The van der Waals surface area contributed by atoms with Crippen molar-refractivity contribution < 1.29 is 4.74 Å². The highest BCUT2D eigenvalue weighted by Crippen LogP contribution is 2.21. The third-order valence-electron chi connectivity index (χ3n) is 5.39. The van der Waals surface area contributed by atoms with E-state index in [9.17, 15) is 4.79 Å². The Morgan fingerprint density at radius 3 is 2.61 bits per heavy atom. The summed E-state index contributed by atoms with van der Waals surface area (Å²) in [5, 5.41) is 6.61. The maximum atomic E-state index is 13.3. The summed E-state index contributed by atoms with van der Waals surface area (Å²) >= 11 is 0. The number of ether oxygens (including phenoxy) is 1. The molecule has 1 aliphatic rings. The van der Waals surface area contributed by atoms with Crippen LogP contribution in [-0.2, 0) is 20.1 Å². The molecule has 0 amide bonds. The predicted molar refractivity (Wildman–Crippen MR) is 122 cm³/mol. The Labute approximate surface area is 181 Å². The average molecular weight is 422 g/mol. The summed E-state index contributed by atoms with van der Waals surface area (Å²) in [5.41, 5.74) is 1.83. The van der Waals surface area contributed by atoms with Crippen LogP contribution in [0.25, 0.3) is 11.2 Å². The summed E-state index contributed by atoms with van der Waals surface area (Å²) in [6.45, 7) is 6.13. The molecule has 162 valence electrons. The van der Waals surface area contributed by atoms with Crippen molar-refractivity contribution >= 4 is 23.1 Å². The van der Waals surface area contributed by atoms with Crippen LogP contribution < -0.4 is 25.8 Å². The van der Waals surface area contributed by atoms with Crippen molar-refractivity contribution in [1.82, 2.24) is 24.4 Å². The topological polar surface area (TPSA) is 89.2 Å². The average Bonchev–Trinajstić information content (AvgIpc) is 3.18. The Morgan fingerprint density at radius 2 is 1.94 bits per heavy atom. The number of nitrogens with zero attached hydrogens (tertiary/aromatic N) is 5. The summed E-state index contributed by atoms with van der Waals surface area (Å²) in [4.78, 5) is 24.8. The normalized spacial score (nSPS) is 13.7. The van der Waals surface area contributed by atoms with Gasteiger partial charge in [-0.25, -0.2) is 0 Å². The number of piperazine rings is 1. The first-order valence-corrected chi connectivity index (χ1v) is 10.3. The molecule has 2 N–H and O–H groups in total. The number of nitrogens with one attached hydrogen (secondary N) is 2. The first kappa shape index (κ1) is 20.8. The highest BCUT2D eigenvalue weighted by molar-refractivity contribution is 5.75. The van der Waals surface area contributed by atoms with Crippen molar-refractivity contribution in [2.24, 2.45) is 7.05 Å². The molecule has 0 radical (unpaired) electrons. The molecule has 1 saturated heterocycles. The second kappa shape index (κ2) is 9.10. The van der Waals surface area contributed by atoms with Gasteiger partial charge in [-0.05, 0) is 24.6 Å². The van der Waals surface area contributed by atoms with Crippen molar-refractivity contribution in [2.45, 2.75) is 20.0 Å². The molecular weight excluding hydrogens is 394 g/mol. The van der Waals surface area contributed by atoms with Crippen LogP contribution in [0.3, 0.4) is 0 Å². The molecular formula is C22H27N7O2. The summed E-state index contributed by atoms with van der Waals surface area (Å²) in [6.07, 6.45) is 0. The van der Waals surface area contributed by atoms with Crippen LogP contribution in [0, 0.1) is 11.8 Å². The number of anilines is 2. The van der Waals surface area contributed by atoms with Crippen LogP contribution >= 0.6 is 0 Å². The van der Waals surface area contributed by atoms with E-state index in [1.54, 1.807) is 21.1 Å². The molecule has 3 aromatic rings. The highest BCUT2D eigenvalue weighted by Gasteiger charge is 2.22. The van der Waals surface area contributed by atoms with Gasteiger partial charge in [0.05, 0.1) is 13.7 Å². The molecule has 2 aromatic heterocycles. The Balaban J connectivity index is 1.70. The minimum Gasteiger partial charge on any atom is -0.497 e. The van der Waals surface area contributed by atoms with Crippen LogP contribution in [0.4, 0.5) is 11.9 Å². The molecule has 0 saturated carbocycles. The van der Waals surface area contributed by atoms with E-state index in [0.717, 1.165) is 43.4 Å². The largest absolute Gasteiger partial charge is 0.497 e. The number of aromatic nitrogens is 4. The van der Waals surface area contributed by atoms with E-state index in [-0.39, 0.29) is 5.56 Å². The van der Waals surface area contributed by atoms with Gasteiger partial charge in [-0.2, -0.15) is 9.97 Å². The molecule has 0 aliphatic carbocycles. The fourth-order valence-corrected chi connectivity index (χ4v) is 3.64. The lowest BCUT2D eigenvalue weighted by Crippen LogP contribution is -2.44. The standard InChI is InChI=1S/C22H27N7O2/c1-4-5-12-29-18-19(26-22(29)28-13-10-23-11-14-28)25-21(27(2)20(18)30)24-15-16-6-8-17(31-3)9-7-16/h6-9,23H,10-15H2,1-3H3,(H,24,25). The van der Waals surface area contributed by atoms with Crippen molar-refractivity contribution in [3.63, 3.8) is 0 Å². The van der Waals surface area contributed by atoms with E-state index in [1.165, 1.54) is 4.57 Å². The summed E-state index contributed by atoms with van der Waals surface area (Å²) in [5.74, 6) is 8.01. The van der Waals surface area contributed by atoms with Gasteiger partial charge >= 0.3 is 0 Å². The second-order valence-corrected chi connectivity index (χ2v) is 7.34. The zero-order valence-corrected chi connectivity index (χ0v) is 18.1. The van der Waals surface area contributed by atoms with Crippen LogP contribution in [0.15, 0.2) is 29.1 Å². The third-order valence-corrected chi connectivity index (χ3v) is 5.39. The predicted octanol–water partition coefficient (Wildman–Crippen LogP) is 1.18. The number of benzene rings is 1. The molecule has 3 heterocycles. The second-order valence-electron chi connectivity index (χ2n) is 7.34. The Morgan fingerprint density at radius 1 is 1.19 bits per heavy atom. The molecule has 1 aliphatic heterocycles. The summed E-state index contributed by atoms with van der Waals surface area (Å²) in [7, 11) is 3.36. The summed E-state index contributed by atoms with van der Waals surface area (Å²) < 4.78 is 8.62. The van der Waals surface area contributed by atoms with E-state index in [4.69, 9.17) is 9.72 Å². The fraction of sp³-hybridized carbons (Fsp3) is 0.409. The van der Waals surface area contributed by atoms with Crippen LogP contribution in [0.2, 0.25) is 0 Å². The lowest BCUT2D eigenvalue weighted by Gasteiger charge is -2.28. The van der Waals surface area contributed by atoms with Gasteiger partial charge in [0.25, 0.3) is 5.56 Å². The van der Waals surface area contributed by atoms with Gasteiger partial charge in [0.1, 0.15) is 5.75 Å². The highest BCUT2D eigenvalue weighted by atomic mass is 16.5. The molecule has 9 heteroatoms. The molecule has 9 nitrogen and oxygen atoms in total. The van der Waals surface area contributed by atoms with E-state index < -0.39 is 0 Å². The molecule has 1 fully saturated rings. The minimum atomic E-state index is -0.144. The maximum Gasteiger partial charge on any atom is 0.281 e. The first-order valence-electron chi connectivity index (χ1n) is 10.3. The third kappa shape index (κ3) is 4.20. The fourth-order valence-electron chi connectivity index (χ4n) is 3.64. The zero-order valence-electron chi connectivity index (χ0n) is 18.1. The number of imidazole rings is 1. The maximum absolute atomic E-state index is 13.3. The van der Waals surface area contributed by atoms with Gasteiger partial charge in [-0.1, -0.05) is 18.1 Å². The van der Waals surface area contributed by atoms with Gasteiger partial charge in [0.15, 0.2) is 11.2 Å². The lowest BCUT2D eigenvalue weighted by atomic mass is 10.2. The number of rotatable bonds is 6. The van der Waals surface area contributed by atoms with Crippen molar-refractivity contribution in [3.8, 4) is 17.6 Å². The molecule has 0 bridgehead atoms. The Bertz CT molecular complexity index is 1180. The van der Waals surface area contributed by atoms with Crippen LogP contribution in [0.5, 0.6) is 5.75 Å². The number of methoxy groups -OCH3 is 1. The zero-order chi connectivity index (χ0) is 21.8. The van der Waals surface area contributed by atoms with Gasteiger partial charge in [-0.3, -0.25) is 13.9 Å².